The number of nitrogens with zero attached hydrogens (tertiary/aromatic N) is 3. The molecule has 1 aliphatic rings. The van der Waals surface area contributed by atoms with Gasteiger partial charge in [0.2, 0.25) is 0 Å². The maximum atomic E-state index is 12.3. The zero-order chi connectivity index (χ0) is 18.6. The van der Waals surface area contributed by atoms with Crippen LogP contribution in [0.4, 0.5) is 0 Å². The summed E-state index contributed by atoms with van der Waals surface area (Å²) in [6.45, 7) is 1.15. The Balaban J connectivity index is 1.50. The van der Waals surface area contributed by atoms with Gasteiger partial charge in [-0.3, -0.25) is 14.5 Å². The fourth-order valence-corrected chi connectivity index (χ4v) is 3.83. The SMILES string of the molecule is O=C(NCCn1nc(-c2ccncc2)c2c1CCCC2)c1ccccc1Cl. The molecule has 0 saturated heterocycles. The van der Waals surface area contributed by atoms with Gasteiger partial charge in [-0.25, -0.2) is 0 Å². The summed E-state index contributed by atoms with van der Waals surface area (Å²) in [5, 5.41) is 8.27. The molecule has 0 fully saturated rings. The first-order valence-corrected chi connectivity index (χ1v) is 9.63. The van der Waals surface area contributed by atoms with Gasteiger partial charge in [0, 0.05) is 35.8 Å². The van der Waals surface area contributed by atoms with E-state index in [-0.39, 0.29) is 5.91 Å². The lowest BCUT2D eigenvalue weighted by Gasteiger charge is -2.14. The Bertz CT molecular complexity index is 952. The number of nitrogens with one attached hydrogen (secondary N) is 1. The molecule has 138 valence electrons. The minimum atomic E-state index is -0.156. The summed E-state index contributed by atoms with van der Waals surface area (Å²) in [6.07, 6.45) is 8.06. The van der Waals surface area contributed by atoms with Crippen molar-refractivity contribution in [3.63, 3.8) is 0 Å². The van der Waals surface area contributed by atoms with Crippen LogP contribution in [0.5, 0.6) is 0 Å². The molecule has 1 aliphatic carbocycles. The summed E-state index contributed by atoms with van der Waals surface area (Å²) >= 11 is 6.10. The first kappa shape index (κ1) is 17.7. The number of hydrogen-bond acceptors (Lipinski definition) is 3. The molecular weight excluding hydrogens is 360 g/mol. The van der Waals surface area contributed by atoms with Gasteiger partial charge in [-0.15, -0.1) is 0 Å². The molecule has 0 atom stereocenters. The largest absolute Gasteiger partial charge is 0.350 e. The van der Waals surface area contributed by atoms with Crippen molar-refractivity contribution in [3.8, 4) is 11.3 Å². The summed E-state index contributed by atoms with van der Waals surface area (Å²) in [5.41, 5.74) is 5.27. The molecule has 3 aromatic rings. The van der Waals surface area contributed by atoms with Crippen molar-refractivity contribution in [2.24, 2.45) is 0 Å². The predicted octanol–water partition coefficient (Wildman–Crippen LogP) is 3.91. The van der Waals surface area contributed by atoms with Gasteiger partial charge >= 0.3 is 0 Å². The normalized spacial score (nSPS) is 13.2. The van der Waals surface area contributed by atoms with Crippen LogP contribution >= 0.6 is 11.6 Å². The van der Waals surface area contributed by atoms with Gasteiger partial charge in [-0.05, 0) is 49.9 Å². The Morgan fingerprint density at radius 2 is 1.89 bits per heavy atom. The van der Waals surface area contributed by atoms with E-state index in [1.165, 1.54) is 24.1 Å². The van der Waals surface area contributed by atoms with E-state index in [9.17, 15) is 4.79 Å². The minimum absolute atomic E-state index is 0.156. The highest BCUT2D eigenvalue weighted by Crippen LogP contribution is 2.30. The third kappa shape index (κ3) is 3.74. The molecule has 0 saturated carbocycles. The van der Waals surface area contributed by atoms with Crippen LogP contribution in [0.3, 0.4) is 0 Å². The maximum Gasteiger partial charge on any atom is 0.252 e. The van der Waals surface area contributed by atoms with Crippen LogP contribution in [0.1, 0.15) is 34.5 Å². The van der Waals surface area contributed by atoms with Crippen molar-refractivity contribution in [2.45, 2.75) is 32.2 Å². The average Bonchev–Trinajstić information content (AvgIpc) is 3.08. The van der Waals surface area contributed by atoms with Crippen LogP contribution in [0, 0.1) is 0 Å². The zero-order valence-electron chi connectivity index (χ0n) is 15.0. The fraction of sp³-hybridized carbons (Fsp3) is 0.286. The van der Waals surface area contributed by atoms with E-state index >= 15 is 0 Å². The Morgan fingerprint density at radius 1 is 1.11 bits per heavy atom. The van der Waals surface area contributed by atoms with Crippen molar-refractivity contribution in [1.82, 2.24) is 20.1 Å². The molecule has 0 aliphatic heterocycles. The third-order valence-corrected chi connectivity index (χ3v) is 5.27. The average molecular weight is 381 g/mol. The monoisotopic (exact) mass is 380 g/mol. The van der Waals surface area contributed by atoms with Gasteiger partial charge in [0.15, 0.2) is 0 Å². The molecule has 6 heteroatoms. The molecule has 27 heavy (non-hydrogen) atoms. The molecule has 1 N–H and O–H groups in total. The number of carbonyl (C=O) groups excluding carboxylic acids is 1. The van der Waals surface area contributed by atoms with Gasteiger partial charge in [0.1, 0.15) is 0 Å². The van der Waals surface area contributed by atoms with Gasteiger partial charge in [0.05, 0.1) is 22.8 Å². The number of fused-ring (bicyclic) bond motifs is 1. The molecule has 0 radical (unpaired) electrons. The van der Waals surface area contributed by atoms with Gasteiger partial charge < -0.3 is 5.32 Å². The lowest BCUT2D eigenvalue weighted by molar-refractivity contribution is 0.0952. The number of hydrogen-bond donors (Lipinski definition) is 1. The summed E-state index contributed by atoms with van der Waals surface area (Å²) in [6, 6.07) is 11.1. The van der Waals surface area contributed by atoms with E-state index in [0.717, 1.165) is 24.1 Å². The van der Waals surface area contributed by atoms with E-state index in [1.807, 2.05) is 24.3 Å². The van der Waals surface area contributed by atoms with Gasteiger partial charge in [-0.1, -0.05) is 23.7 Å². The van der Waals surface area contributed by atoms with Crippen LogP contribution in [0.2, 0.25) is 5.02 Å². The second-order valence-corrected chi connectivity index (χ2v) is 7.08. The molecule has 5 nitrogen and oxygen atoms in total. The second kappa shape index (κ2) is 7.92. The molecule has 1 amide bonds. The number of aromatic nitrogens is 3. The molecule has 2 aromatic heterocycles. The Labute approximate surface area is 163 Å². The van der Waals surface area contributed by atoms with Gasteiger partial charge in [0.25, 0.3) is 5.91 Å². The second-order valence-electron chi connectivity index (χ2n) is 6.68. The minimum Gasteiger partial charge on any atom is -0.350 e. The molecule has 4 rings (SSSR count). The van der Waals surface area contributed by atoms with E-state index < -0.39 is 0 Å². The number of rotatable bonds is 5. The van der Waals surface area contributed by atoms with Crippen LogP contribution in [-0.2, 0) is 19.4 Å². The molecule has 0 unspecified atom stereocenters. The first-order chi connectivity index (χ1) is 13.2. The summed E-state index contributed by atoms with van der Waals surface area (Å²) in [7, 11) is 0. The molecule has 0 bridgehead atoms. The fourth-order valence-electron chi connectivity index (χ4n) is 3.61. The van der Waals surface area contributed by atoms with E-state index in [2.05, 4.69) is 15.0 Å². The van der Waals surface area contributed by atoms with Crippen LogP contribution < -0.4 is 5.32 Å². The van der Waals surface area contributed by atoms with E-state index in [4.69, 9.17) is 16.7 Å². The number of amides is 1. The van der Waals surface area contributed by atoms with Crippen molar-refractivity contribution in [3.05, 3.63) is 70.6 Å². The van der Waals surface area contributed by atoms with E-state index in [1.54, 1.807) is 24.5 Å². The highest BCUT2D eigenvalue weighted by Gasteiger charge is 2.21. The molecular formula is C21H21ClN4O. The summed E-state index contributed by atoms with van der Waals surface area (Å²) in [5.74, 6) is -0.156. The van der Waals surface area contributed by atoms with Crippen LogP contribution in [0.25, 0.3) is 11.3 Å². The number of benzene rings is 1. The first-order valence-electron chi connectivity index (χ1n) is 9.25. The lowest BCUT2D eigenvalue weighted by atomic mass is 9.94. The van der Waals surface area contributed by atoms with Crippen LogP contribution in [0.15, 0.2) is 48.8 Å². The van der Waals surface area contributed by atoms with Crippen LogP contribution in [-0.4, -0.2) is 27.2 Å². The van der Waals surface area contributed by atoms with Crippen molar-refractivity contribution in [2.75, 3.05) is 6.54 Å². The van der Waals surface area contributed by atoms with E-state index in [0.29, 0.717) is 23.7 Å². The van der Waals surface area contributed by atoms with Crippen molar-refractivity contribution >= 4 is 17.5 Å². The molecule has 2 heterocycles. The van der Waals surface area contributed by atoms with Crippen molar-refractivity contribution < 1.29 is 4.79 Å². The van der Waals surface area contributed by atoms with Gasteiger partial charge in [-0.2, -0.15) is 5.10 Å². The third-order valence-electron chi connectivity index (χ3n) is 4.94. The number of carbonyl (C=O) groups is 1. The molecule has 0 spiro atoms. The smallest absolute Gasteiger partial charge is 0.252 e. The predicted molar refractivity (Wildman–Crippen MR) is 106 cm³/mol. The topological polar surface area (TPSA) is 59.8 Å². The maximum absolute atomic E-state index is 12.3. The lowest BCUT2D eigenvalue weighted by Crippen LogP contribution is -2.28. The molecule has 1 aromatic carbocycles. The zero-order valence-corrected chi connectivity index (χ0v) is 15.7. The number of halogens is 1. The summed E-state index contributed by atoms with van der Waals surface area (Å²) < 4.78 is 2.05. The Morgan fingerprint density at radius 3 is 2.70 bits per heavy atom. The highest BCUT2D eigenvalue weighted by atomic mass is 35.5. The standard InChI is InChI=1S/C21H21ClN4O/c22-18-7-3-1-5-16(18)21(27)24-13-14-26-19-8-4-2-6-17(19)20(25-26)15-9-11-23-12-10-15/h1,3,5,7,9-12H,2,4,6,8,13-14H2,(H,24,27). The Kier molecular flexibility index (Phi) is 5.21. The highest BCUT2D eigenvalue weighted by molar-refractivity contribution is 6.33. The Hall–Kier alpha value is -2.66. The number of pyridine rings is 1. The quantitative estimate of drug-likeness (QED) is 0.730. The summed E-state index contributed by atoms with van der Waals surface area (Å²) in [4.78, 5) is 16.4. The van der Waals surface area contributed by atoms with Crippen molar-refractivity contribution in [1.29, 1.82) is 0 Å².